The fraction of sp³-hybridized carbons (Fsp3) is 0.240. The maximum absolute atomic E-state index is 14.8. The van der Waals surface area contributed by atoms with E-state index >= 15 is 0 Å². The first-order valence-corrected chi connectivity index (χ1v) is 10.2. The quantitative estimate of drug-likeness (QED) is 0.285. The minimum atomic E-state index is -0.519. The average Bonchev–Trinajstić information content (AvgIpc) is 3.17. The highest BCUT2D eigenvalue weighted by atomic mass is 19.1. The number of ether oxygens (including phenoxy) is 1. The normalized spacial score (nSPS) is 11.2. The number of para-hydroxylation sites is 2. The smallest absolute Gasteiger partial charge is 0.230 e. The van der Waals surface area contributed by atoms with Gasteiger partial charge >= 0.3 is 0 Å². The molecule has 0 fully saturated rings. The molecule has 0 aliphatic rings. The van der Waals surface area contributed by atoms with E-state index in [1.807, 2.05) is 12.1 Å². The molecule has 0 aliphatic carbocycles. The summed E-state index contributed by atoms with van der Waals surface area (Å²) in [5, 5.41) is 0. The lowest BCUT2D eigenvalue weighted by Crippen LogP contribution is -1.98. The van der Waals surface area contributed by atoms with Crippen molar-refractivity contribution in [3.63, 3.8) is 0 Å². The number of halogens is 2. The first kappa shape index (κ1) is 20.1. The molecular formula is C25H23F2NO2. The number of fused-ring (bicyclic) bond motifs is 1. The largest absolute Gasteiger partial charge is 0.493 e. The van der Waals surface area contributed by atoms with E-state index in [-0.39, 0.29) is 11.5 Å². The molecule has 0 amide bonds. The molecule has 1 heterocycles. The molecule has 0 atom stereocenters. The monoisotopic (exact) mass is 407 g/mol. The van der Waals surface area contributed by atoms with E-state index in [1.165, 1.54) is 18.6 Å². The molecule has 0 unspecified atom stereocenters. The third-order valence-electron chi connectivity index (χ3n) is 5.01. The van der Waals surface area contributed by atoms with E-state index in [4.69, 9.17) is 9.15 Å². The summed E-state index contributed by atoms with van der Waals surface area (Å²) in [5.74, 6) is -0.284. The van der Waals surface area contributed by atoms with Crippen molar-refractivity contribution in [1.82, 2.24) is 4.98 Å². The van der Waals surface area contributed by atoms with Gasteiger partial charge in [-0.15, -0.1) is 0 Å². The first-order valence-electron chi connectivity index (χ1n) is 10.2. The van der Waals surface area contributed by atoms with Crippen molar-refractivity contribution in [3.8, 4) is 28.3 Å². The zero-order valence-corrected chi connectivity index (χ0v) is 16.8. The van der Waals surface area contributed by atoms with Crippen molar-refractivity contribution < 1.29 is 17.9 Å². The summed E-state index contributed by atoms with van der Waals surface area (Å²) >= 11 is 0. The van der Waals surface area contributed by atoms with Crippen molar-refractivity contribution in [2.75, 3.05) is 6.61 Å². The number of benzene rings is 3. The summed E-state index contributed by atoms with van der Waals surface area (Å²) in [6.45, 7) is 2.71. The highest BCUT2D eigenvalue weighted by molar-refractivity contribution is 5.77. The number of unbranched alkanes of at least 4 members (excludes halogenated alkanes) is 3. The van der Waals surface area contributed by atoms with Gasteiger partial charge in [-0.25, -0.2) is 13.8 Å². The van der Waals surface area contributed by atoms with Gasteiger partial charge in [0, 0.05) is 11.6 Å². The number of aromatic nitrogens is 1. The van der Waals surface area contributed by atoms with Crippen molar-refractivity contribution in [3.05, 3.63) is 72.3 Å². The van der Waals surface area contributed by atoms with E-state index < -0.39 is 11.6 Å². The van der Waals surface area contributed by atoms with Gasteiger partial charge in [0.1, 0.15) is 22.9 Å². The summed E-state index contributed by atoms with van der Waals surface area (Å²) < 4.78 is 40.7. The van der Waals surface area contributed by atoms with E-state index in [9.17, 15) is 8.78 Å². The molecule has 0 saturated heterocycles. The van der Waals surface area contributed by atoms with Crippen LogP contribution in [0.25, 0.3) is 33.7 Å². The molecular weight excluding hydrogens is 384 g/mol. The number of oxazole rings is 1. The lowest BCUT2D eigenvalue weighted by atomic mass is 10.0. The Hall–Kier alpha value is -3.21. The summed E-state index contributed by atoms with van der Waals surface area (Å²) in [6.07, 6.45) is 4.37. The van der Waals surface area contributed by atoms with E-state index in [1.54, 1.807) is 36.4 Å². The van der Waals surface area contributed by atoms with Gasteiger partial charge in [0.15, 0.2) is 5.58 Å². The number of nitrogens with zero attached hydrogens (tertiary/aromatic N) is 1. The second-order valence-electron chi connectivity index (χ2n) is 7.23. The van der Waals surface area contributed by atoms with Crippen LogP contribution in [-0.4, -0.2) is 11.6 Å². The van der Waals surface area contributed by atoms with Crippen LogP contribution in [0.5, 0.6) is 5.75 Å². The first-order chi connectivity index (χ1) is 14.7. The lowest BCUT2D eigenvalue weighted by Gasteiger charge is -2.09. The molecule has 5 heteroatoms. The fourth-order valence-corrected chi connectivity index (χ4v) is 3.38. The summed E-state index contributed by atoms with van der Waals surface area (Å²) in [5.41, 5.74) is 2.25. The summed E-state index contributed by atoms with van der Waals surface area (Å²) in [7, 11) is 0. The minimum Gasteiger partial charge on any atom is -0.493 e. The van der Waals surface area contributed by atoms with Crippen molar-refractivity contribution in [2.24, 2.45) is 0 Å². The molecule has 0 N–H and O–H groups in total. The second kappa shape index (κ2) is 9.08. The van der Waals surface area contributed by atoms with Crippen LogP contribution in [-0.2, 0) is 0 Å². The van der Waals surface area contributed by atoms with Gasteiger partial charge in [-0.3, -0.25) is 0 Å². The van der Waals surface area contributed by atoms with Crippen molar-refractivity contribution >= 4 is 11.1 Å². The standard InChI is InChI=1S/C25H23F2NO2/c1-2-3-4-7-14-29-18-11-13-19(22(27)16-18)17-10-12-20(21(26)15-17)25-28-23-8-5-6-9-24(23)30-25/h5-6,8-13,15-16H,2-4,7,14H2,1H3. The van der Waals surface area contributed by atoms with Gasteiger partial charge in [0.25, 0.3) is 0 Å². The van der Waals surface area contributed by atoms with Crippen LogP contribution in [0.15, 0.2) is 65.1 Å². The van der Waals surface area contributed by atoms with Gasteiger partial charge < -0.3 is 9.15 Å². The Kier molecular flexibility index (Phi) is 6.07. The average molecular weight is 407 g/mol. The minimum absolute atomic E-state index is 0.201. The van der Waals surface area contributed by atoms with E-state index in [0.29, 0.717) is 34.6 Å². The highest BCUT2D eigenvalue weighted by Crippen LogP contribution is 2.32. The van der Waals surface area contributed by atoms with Crippen LogP contribution in [0.2, 0.25) is 0 Å². The molecule has 3 nitrogen and oxygen atoms in total. The molecule has 30 heavy (non-hydrogen) atoms. The molecule has 3 aromatic carbocycles. The van der Waals surface area contributed by atoms with Crippen LogP contribution in [0.4, 0.5) is 8.78 Å². The van der Waals surface area contributed by atoms with Crippen molar-refractivity contribution in [1.29, 1.82) is 0 Å². The van der Waals surface area contributed by atoms with Crippen LogP contribution in [0.3, 0.4) is 0 Å². The predicted octanol–water partition coefficient (Wildman–Crippen LogP) is 7.40. The Morgan fingerprint density at radius 2 is 1.67 bits per heavy atom. The summed E-state index contributed by atoms with van der Waals surface area (Å²) in [6, 6.07) is 16.5. The van der Waals surface area contributed by atoms with Gasteiger partial charge in [0.2, 0.25) is 5.89 Å². The zero-order valence-electron chi connectivity index (χ0n) is 16.8. The van der Waals surface area contributed by atoms with Gasteiger partial charge in [-0.2, -0.15) is 0 Å². The van der Waals surface area contributed by atoms with Crippen LogP contribution in [0.1, 0.15) is 32.6 Å². The maximum Gasteiger partial charge on any atom is 0.230 e. The molecule has 4 aromatic rings. The van der Waals surface area contributed by atoms with Gasteiger partial charge in [0.05, 0.1) is 12.2 Å². The Bertz CT molecular complexity index is 1120. The van der Waals surface area contributed by atoms with Gasteiger partial charge in [-0.1, -0.05) is 44.4 Å². The Morgan fingerprint density at radius 1 is 0.867 bits per heavy atom. The van der Waals surface area contributed by atoms with Crippen molar-refractivity contribution in [2.45, 2.75) is 32.6 Å². The molecule has 154 valence electrons. The Morgan fingerprint density at radius 3 is 2.43 bits per heavy atom. The Labute approximate surface area is 174 Å². The molecule has 1 aromatic heterocycles. The molecule has 0 radical (unpaired) electrons. The predicted molar refractivity (Wildman–Crippen MR) is 114 cm³/mol. The van der Waals surface area contributed by atoms with E-state index in [2.05, 4.69) is 11.9 Å². The topological polar surface area (TPSA) is 35.3 Å². The molecule has 0 aliphatic heterocycles. The lowest BCUT2D eigenvalue weighted by molar-refractivity contribution is 0.303. The SMILES string of the molecule is CCCCCCOc1ccc(-c2ccc(-c3nc4ccccc4o3)c(F)c2)c(F)c1. The molecule has 0 bridgehead atoms. The molecule has 4 rings (SSSR count). The number of rotatable bonds is 8. The van der Waals surface area contributed by atoms with Crippen LogP contribution < -0.4 is 4.74 Å². The molecule has 0 saturated carbocycles. The maximum atomic E-state index is 14.8. The zero-order chi connectivity index (χ0) is 20.9. The summed E-state index contributed by atoms with van der Waals surface area (Å²) in [4.78, 5) is 4.33. The molecule has 0 spiro atoms. The Balaban J connectivity index is 1.52. The highest BCUT2D eigenvalue weighted by Gasteiger charge is 2.15. The second-order valence-corrected chi connectivity index (χ2v) is 7.23. The van der Waals surface area contributed by atoms with Crippen LogP contribution in [0, 0.1) is 11.6 Å². The van der Waals surface area contributed by atoms with Gasteiger partial charge in [-0.05, 0) is 48.4 Å². The third-order valence-corrected chi connectivity index (χ3v) is 5.01. The number of hydrogen-bond acceptors (Lipinski definition) is 3. The third kappa shape index (κ3) is 4.35. The van der Waals surface area contributed by atoms with Crippen LogP contribution >= 0.6 is 0 Å². The van der Waals surface area contributed by atoms with E-state index in [0.717, 1.165) is 19.3 Å². The fourth-order valence-electron chi connectivity index (χ4n) is 3.38. The number of hydrogen-bond donors (Lipinski definition) is 0.